The average Bonchev–Trinajstić information content (AvgIpc) is 2.75. The summed E-state index contributed by atoms with van der Waals surface area (Å²) in [5.74, 6) is -0.0140. The number of ketones is 1. The van der Waals surface area contributed by atoms with E-state index in [4.69, 9.17) is 17.3 Å². The molecule has 0 unspecified atom stereocenters. The number of aryl methyl sites for hydroxylation is 1. The van der Waals surface area contributed by atoms with Gasteiger partial charge >= 0.3 is 0 Å². The quantitative estimate of drug-likeness (QED) is 0.681. The highest BCUT2D eigenvalue weighted by molar-refractivity contribution is 6.31. The highest BCUT2D eigenvalue weighted by Crippen LogP contribution is 2.18. The standard InChI is InChI=1S/C13H14ClN3O/c1-2-17-8-9(7-16-17)3-13(18)10-4-11(14)6-12(15)5-10/h4-8H,2-3,15H2,1H3. The molecule has 0 aliphatic carbocycles. The maximum absolute atomic E-state index is 12.1. The molecule has 2 N–H and O–H groups in total. The summed E-state index contributed by atoms with van der Waals surface area (Å²) in [5.41, 5.74) is 7.58. The summed E-state index contributed by atoms with van der Waals surface area (Å²) in [5, 5.41) is 4.60. The summed E-state index contributed by atoms with van der Waals surface area (Å²) in [6, 6.07) is 4.89. The Balaban J connectivity index is 2.16. The van der Waals surface area contributed by atoms with Crippen molar-refractivity contribution in [2.75, 3.05) is 5.73 Å². The summed E-state index contributed by atoms with van der Waals surface area (Å²) in [6.45, 7) is 2.79. The van der Waals surface area contributed by atoms with E-state index in [-0.39, 0.29) is 5.78 Å². The molecule has 4 nitrogen and oxygen atoms in total. The fourth-order valence-corrected chi connectivity index (χ4v) is 1.97. The normalized spacial score (nSPS) is 10.6. The second-order valence-corrected chi connectivity index (χ2v) is 4.51. The van der Waals surface area contributed by atoms with E-state index in [1.54, 1.807) is 29.1 Å². The van der Waals surface area contributed by atoms with Crippen LogP contribution in [0, 0.1) is 0 Å². The number of nitrogens with two attached hydrogens (primary N) is 1. The third kappa shape index (κ3) is 2.90. The number of halogens is 1. The average molecular weight is 264 g/mol. The van der Waals surface area contributed by atoms with Gasteiger partial charge in [-0.15, -0.1) is 0 Å². The monoisotopic (exact) mass is 263 g/mol. The number of aromatic nitrogens is 2. The minimum Gasteiger partial charge on any atom is -0.399 e. The predicted molar refractivity (Wildman–Crippen MR) is 71.8 cm³/mol. The Hall–Kier alpha value is -1.81. The first-order valence-electron chi connectivity index (χ1n) is 5.69. The first-order chi connectivity index (χ1) is 8.58. The summed E-state index contributed by atoms with van der Waals surface area (Å²) < 4.78 is 1.79. The van der Waals surface area contributed by atoms with Crippen LogP contribution in [-0.4, -0.2) is 15.6 Å². The van der Waals surface area contributed by atoms with Crippen LogP contribution in [0.15, 0.2) is 30.6 Å². The molecule has 0 radical (unpaired) electrons. The van der Waals surface area contributed by atoms with Gasteiger partial charge in [0.05, 0.1) is 6.20 Å². The molecule has 0 saturated carbocycles. The van der Waals surface area contributed by atoms with E-state index in [9.17, 15) is 4.79 Å². The van der Waals surface area contributed by atoms with Crippen molar-refractivity contribution in [2.45, 2.75) is 19.9 Å². The third-order valence-corrected chi connectivity index (χ3v) is 2.84. The van der Waals surface area contributed by atoms with Gasteiger partial charge in [-0.1, -0.05) is 11.6 Å². The molecular formula is C13H14ClN3O. The van der Waals surface area contributed by atoms with Gasteiger partial charge in [0.25, 0.3) is 0 Å². The highest BCUT2D eigenvalue weighted by atomic mass is 35.5. The van der Waals surface area contributed by atoms with Crippen LogP contribution in [0.1, 0.15) is 22.8 Å². The van der Waals surface area contributed by atoms with E-state index in [0.29, 0.717) is 22.7 Å². The van der Waals surface area contributed by atoms with Gasteiger partial charge in [-0.05, 0) is 30.7 Å². The van der Waals surface area contributed by atoms with E-state index in [1.165, 1.54) is 0 Å². The summed E-state index contributed by atoms with van der Waals surface area (Å²) >= 11 is 5.88. The van der Waals surface area contributed by atoms with Crippen LogP contribution in [0.4, 0.5) is 5.69 Å². The molecule has 1 aromatic carbocycles. The number of anilines is 1. The molecule has 0 fully saturated rings. The number of carbonyl (C=O) groups is 1. The summed E-state index contributed by atoms with van der Waals surface area (Å²) in [7, 11) is 0. The van der Waals surface area contributed by atoms with Crippen molar-refractivity contribution in [3.05, 3.63) is 46.7 Å². The van der Waals surface area contributed by atoms with Crippen LogP contribution in [0.2, 0.25) is 5.02 Å². The third-order valence-electron chi connectivity index (χ3n) is 2.62. The molecule has 0 aliphatic rings. The molecule has 0 atom stereocenters. The lowest BCUT2D eigenvalue weighted by Crippen LogP contribution is -2.04. The Kier molecular flexibility index (Phi) is 3.67. The van der Waals surface area contributed by atoms with Gasteiger partial charge in [0, 0.05) is 35.4 Å². The Bertz CT molecular complexity index is 557. The molecule has 2 aromatic rings. The lowest BCUT2D eigenvalue weighted by Gasteiger charge is -2.02. The minimum absolute atomic E-state index is 0.0140. The highest BCUT2D eigenvalue weighted by Gasteiger charge is 2.10. The van der Waals surface area contributed by atoms with Gasteiger partial charge < -0.3 is 5.73 Å². The maximum Gasteiger partial charge on any atom is 0.167 e. The molecule has 0 aliphatic heterocycles. The van der Waals surface area contributed by atoms with Crippen LogP contribution < -0.4 is 5.73 Å². The Morgan fingerprint density at radius 1 is 1.44 bits per heavy atom. The fourth-order valence-electron chi connectivity index (χ4n) is 1.73. The molecule has 0 saturated heterocycles. The molecule has 94 valence electrons. The van der Waals surface area contributed by atoms with Crippen molar-refractivity contribution in [2.24, 2.45) is 0 Å². The topological polar surface area (TPSA) is 60.9 Å². The van der Waals surface area contributed by atoms with Crippen LogP contribution in [0.25, 0.3) is 0 Å². The second-order valence-electron chi connectivity index (χ2n) is 4.08. The maximum atomic E-state index is 12.1. The van der Waals surface area contributed by atoms with Crippen LogP contribution in [0.5, 0.6) is 0 Å². The zero-order valence-corrected chi connectivity index (χ0v) is 10.8. The summed E-state index contributed by atoms with van der Waals surface area (Å²) in [6.07, 6.45) is 3.88. The first-order valence-corrected chi connectivity index (χ1v) is 6.07. The van der Waals surface area contributed by atoms with E-state index < -0.39 is 0 Å². The fraction of sp³-hybridized carbons (Fsp3) is 0.231. The molecule has 5 heteroatoms. The van der Waals surface area contributed by atoms with Crippen molar-refractivity contribution in [1.82, 2.24) is 9.78 Å². The largest absolute Gasteiger partial charge is 0.399 e. The van der Waals surface area contributed by atoms with Crippen LogP contribution >= 0.6 is 11.6 Å². The molecule has 0 bridgehead atoms. The van der Waals surface area contributed by atoms with E-state index in [2.05, 4.69) is 5.10 Å². The Morgan fingerprint density at radius 2 is 2.22 bits per heavy atom. The summed E-state index contributed by atoms with van der Waals surface area (Å²) in [4.78, 5) is 12.1. The number of benzene rings is 1. The molecule has 2 rings (SSSR count). The van der Waals surface area contributed by atoms with Gasteiger partial charge in [-0.25, -0.2) is 0 Å². The Labute approximate surface area is 110 Å². The molecule has 1 heterocycles. The SMILES string of the molecule is CCn1cc(CC(=O)c2cc(N)cc(Cl)c2)cn1. The minimum atomic E-state index is -0.0140. The van der Waals surface area contributed by atoms with Gasteiger partial charge in [0.15, 0.2) is 5.78 Å². The number of Topliss-reactive ketones (excluding diaryl/α,β-unsaturated/α-hetero) is 1. The van der Waals surface area contributed by atoms with E-state index >= 15 is 0 Å². The molecule has 18 heavy (non-hydrogen) atoms. The number of nitrogens with zero attached hydrogens (tertiary/aromatic N) is 2. The van der Waals surface area contributed by atoms with Crippen LogP contribution in [-0.2, 0) is 13.0 Å². The number of nitrogen functional groups attached to an aromatic ring is 1. The molecular weight excluding hydrogens is 250 g/mol. The van der Waals surface area contributed by atoms with Crippen LogP contribution in [0.3, 0.4) is 0 Å². The Morgan fingerprint density at radius 3 is 2.83 bits per heavy atom. The van der Waals surface area contributed by atoms with Gasteiger partial charge in [0.1, 0.15) is 0 Å². The van der Waals surface area contributed by atoms with Crippen molar-refractivity contribution in [1.29, 1.82) is 0 Å². The molecule has 1 aromatic heterocycles. The number of rotatable bonds is 4. The van der Waals surface area contributed by atoms with Crippen molar-refractivity contribution >= 4 is 23.1 Å². The molecule has 0 amide bonds. The van der Waals surface area contributed by atoms with Crippen molar-refractivity contribution < 1.29 is 4.79 Å². The lowest BCUT2D eigenvalue weighted by molar-refractivity contribution is 0.0993. The zero-order chi connectivity index (χ0) is 13.1. The smallest absolute Gasteiger partial charge is 0.167 e. The zero-order valence-electron chi connectivity index (χ0n) is 10.1. The van der Waals surface area contributed by atoms with Gasteiger partial charge in [-0.3, -0.25) is 9.48 Å². The van der Waals surface area contributed by atoms with Gasteiger partial charge in [0.2, 0.25) is 0 Å². The van der Waals surface area contributed by atoms with E-state index in [0.717, 1.165) is 12.1 Å². The van der Waals surface area contributed by atoms with Crippen molar-refractivity contribution in [3.63, 3.8) is 0 Å². The van der Waals surface area contributed by atoms with Gasteiger partial charge in [-0.2, -0.15) is 5.10 Å². The number of hydrogen-bond acceptors (Lipinski definition) is 3. The second kappa shape index (κ2) is 5.23. The van der Waals surface area contributed by atoms with Crippen molar-refractivity contribution in [3.8, 4) is 0 Å². The predicted octanol–water partition coefficient (Wildman–Crippen LogP) is 2.56. The number of hydrogen-bond donors (Lipinski definition) is 1. The lowest BCUT2D eigenvalue weighted by atomic mass is 10.0. The van der Waals surface area contributed by atoms with E-state index in [1.807, 2.05) is 13.1 Å². The first kappa shape index (κ1) is 12.6. The molecule has 0 spiro atoms. The number of carbonyl (C=O) groups excluding carboxylic acids is 1.